The van der Waals surface area contributed by atoms with Crippen LogP contribution in [0.2, 0.25) is 0 Å². The first-order valence-electron chi connectivity index (χ1n) is 8.44. The van der Waals surface area contributed by atoms with Crippen LogP contribution in [-0.4, -0.2) is 18.7 Å². The van der Waals surface area contributed by atoms with Crippen molar-refractivity contribution in [3.05, 3.63) is 28.2 Å². The normalized spacial score (nSPS) is 23.6. The summed E-state index contributed by atoms with van der Waals surface area (Å²) in [4.78, 5) is 0. The van der Waals surface area contributed by atoms with Gasteiger partial charge in [0.05, 0.1) is 0 Å². The van der Waals surface area contributed by atoms with Crippen molar-refractivity contribution in [1.29, 1.82) is 0 Å². The summed E-state index contributed by atoms with van der Waals surface area (Å²) >= 11 is 3.54. The summed E-state index contributed by atoms with van der Waals surface area (Å²) in [5.74, 6) is 1.94. The van der Waals surface area contributed by atoms with E-state index in [1.54, 1.807) is 0 Å². The molecular weight excluding hydrogens is 326 g/mol. The van der Waals surface area contributed by atoms with E-state index in [-0.39, 0.29) is 0 Å². The number of ether oxygens (including phenoxy) is 1. The van der Waals surface area contributed by atoms with E-state index in [4.69, 9.17) is 4.74 Å². The molecule has 0 spiro atoms. The second-order valence-corrected chi connectivity index (χ2v) is 7.43. The Bertz CT molecular complexity index is 470. The van der Waals surface area contributed by atoms with Crippen LogP contribution in [-0.2, 0) is 6.42 Å². The van der Waals surface area contributed by atoms with E-state index in [0.29, 0.717) is 12.1 Å². The second kappa shape index (κ2) is 7.15. The molecule has 2 atom stereocenters. The highest BCUT2D eigenvalue weighted by Crippen LogP contribution is 2.32. The molecule has 1 heterocycles. The SMILES string of the molecule is CCC(NCC1Cc2cc(Br)ccc2O1)C1CCCCC1. The van der Waals surface area contributed by atoms with Gasteiger partial charge in [-0.3, -0.25) is 0 Å². The van der Waals surface area contributed by atoms with Gasteiger partial charge < -0.3 is 10.1 Å². The summed E-state index contributed by atoms with van der Waals surface area (Å²) in [5.41, 5.74) is 1.34. The van der Waals surface area contributed by atoms with E-state index in [2.05, 4.69) is 46.4 Å². The highest BCUT2D eigenvalue weighted by Gasteiger charge is 2.26. The monoisotopic (exact) mass is 351 g/mol. The first-order chi connectivity index (χ1) is 10.3. The van der Waals surface area contributed by atoms with Gasteiger partial charge in [-0.15, -0.1) is 0 Å². The fourth-order valence-corrected chi connectivity index (χ4v) is 4.28. The van der Waals surface area contributed by atoms with E-state index < -0.39 is 0 Å². The topological polar surface area (TPSA) is 21.3 Å². The Morgan fingerprint density at radius 2 is 2.10 bits per heavy atom. The Kier molecular flexibility index (Phi) is 5.23. The largest absolute Gasteiger partial charge is 0.488 e. The van der Waals surface area contributed by atoms with Gasteiger partial charge in [0.15, 0.2) is 0 Å². The molecule has 3 rings (SSSR count). The third-order valence-electron chi connectivity index (χ3n) is 5.03. The summed E-state index contributed by atoms with van der Waals surface area (Å²) in [6.07, 6.45) is 9.65. The van der Waals surface area contributed by atoms with Gasteiger partial charge >= 0.3 is 0 Å². The maximum atomic E-state index is 6.06. The molecule has 1 aromatic rings. The number of rotatable bonds is 5. The predicted octanol–water partition coefficient (Wildman–Crippen LogP) is 4.70. The van der Waals surface area contributed by atoms with Crippen molar-refractivity contribution in [1.82, 2.24) is 5.32 Å². The fourth-order valence-electron chi connectivity index (χ4n) is 3.87. The van der Waals surface area contributed by atoms with Crippen LogP contribution in [0.3, 0.4) is 0 Å². The summed E-state index contributed by atoms with van der Waals surface area (Å²) in [6, 6.07) is 7.00. The zero-order chi connectivity index (χ0) is 14.7. The summed E-state index contributed by atoms with van der Waals surface area (Å²) in [7, 11) is 0. The van der Waals surface area contributed by atoms with Crippen molar-refractivity contribution in [3.8, 4) is 5.75 Å². The molecular formula is C18H26BrNO. The third kappa shape index (κ3) is 3.81. The number of nitrogens with one attached hydrogen (secondary N) is 1. The van der Waals surface area contributed by atoms with Gasteiger partial charge in [-0.25, -0.2) is 0 Å². The lowest BCUT2D eigenvalue weighted by Gasteiger charge is -2.31. The Labute approximate surface area is 136 Å². The van der Waals surface area contributed by atoms with Gasteiger partial charge in [0.25, 0.3) is 0 Å². The van der Waals surface area contributed by atoms with E-state index >= 15 is 0 Å². The highest BCUT2D eigenvalue weighted by molar-refractivity contribution is 9.10. The van der Waals surface area contributed by atoms with Crippen molar-refractivity contribution >= 4 is 15.9 Å². The molecule has 1 fully saturated rings. The molecule has 1 N–H and O–H groups in total. The van der Waals surface area contributed by atoms with Crippen molar-refractivity contribution in [2.45, 2.75) is 64.0 Å². The average molecular weight is 352 g/mol. The predicted molar refractivity (Wildman–Crippen MR) is 90.9 cm³/mol. The highest BCUT2D eigenvalue weighted by atomic mass is 79.9. The molecule has 1 aromatic carbocycles. The quantitative estimate of drug-likeness (QED) is 0.829. The molecule has 0 amide bonds. The van der Waals surface area contributed by atoms with Crippen LogP contribution in [0.1, 0.15) is 51.0 Å². The van der Waals surface area contributed by atoms with Crippen molar-refractivity contribution in [3.63, 3.8) is 0 Å². The van der Waals surface area contributed by atoms with Gasteiger partial charge in [0.2, 0.25) is 0 Å². The number of halogens is 1. The standard InChI is InChI=1S/C18H26BrNO/c1-2-17(13-6-4-3-5-7-13)20-12-16-11-14-10-15(19)8-9-18(14)21-16/h8-10,13,16-17,20H,2-7,11-12H2,1H3. The van der Waals surface area contributed by atoms with Crippen LogP contribution in [0, 0.1) is 5.92 Å². The molecule has 21 heavy (non-hydrogen) atoms. The van der Waals surface area contributed by atoms with Crippen LogP contribution in [0.15, 0.2) is 22.7 Å². The Hall–Kier alpha value is -0.540. The van der Waals surface area contributed by atoms with Crippen LogP contribution >= 0.6 is 15.9 Å². The zero-order valence-electron chi connectivity index (χ0n) is 12.9. The van der Waals surface area contributed by atoms with Crippen LogP contribution < -0.4 is 10.1 Å². The lowest BCUT2D eigenvalue weighted by Crippen LogP contribution is -2.42. The molecule has 1 aliphatic heterocycles. The molecule has 2 aliphatic rings. The van der Waals surface area contributed by atoms with Crippen molar-refractivity contribution < 1.29 is 4.74 Å². The fraction of sp³-hybridized carbons (Fsp3) is 0.667. The lowest BCUT2D eigenvalue weighted by atomic mass is 9.83. The minimum absolute atomic E-state index is 0.298. The van der Waals surface area contributed by atoms with Crippen LogP contribution in [0.4, 0.5) is 0 Å². The molecule has 116 valence electrons. The lowest BCUT2D eigenvalue weighted by molar-refractivity contribution is 0.197. The Morgan fingerprint density at radius 3 is 2.86 bits per heavy atom. The molecule has 1 aliphatic carbocycles. The molecule has 3 heteroatoms. The zero-order valence-corrected chi connectivity index (χ0v) is 14.5. The third-order valence-corrected chi connectivity index (χ3v) is 5.52. The van der Waals surface area contributed by atoms with E-state index in [0.717, 1.165) is 29.1 Å². The first kappa shape index (κ1) is 15.4. The number of fused-ring (bicyclic) bond motifs is 1. The van der Waals surface area contributed by atoms with Gasteiger partial charge in [-0.05, 0) is 48.9 Å². The van der Waals surface area contributed by atoms with E-state index in [1.165, 1.54) is 44.1 Å². The Balaban J connectivity index is 1.51. The number of hydrogen-bond acceptors (Lipinski definition) is 2. The molecule has 0 bridgehead atoms. The molecule has 0 aromatic heterocycles. The van der Waals surface area contributed by atoms with E-state index in [1.807, 2.05) is 0 Å². The van der Waals surface area contributed by atoms with Gasteiger partial charge in [-0.1, -0.05) is 42.1 Å². The summed E-state index contributed by atoms with van der Waals surface area (Å²) in [5, 5.41) is 3.79. The van der Waals surface area contributed by atoms with Crippen LogP contribution in [0.25, 0.3) is 0 Å². The molecule has 2 nitrogen and oxygen atoms in total. The number of benzene rings is 1. The maximum absolute atomic E-state index is 6.06. The molecule has 0 saturated heterocycles. The van der Waals surface area contributed by atoms with Gasteiger partial charge in [0.1, 0.15) is 11.9 Å². The van der Waals surface area contributed by atoms with Crippen molar-refractivity contribution in [2.24, 2.45) is 5.92 Å². The van der Waals surface area contributed by atoms with Crippen molar-refractivity contribution in [2.75, 3.05) is 6.54 Å². The Morgan fingerprint density at radius 1 is 1.29 bits per heavy atom. The smallest absolute Gasteiger partial charge is 0.123 e. The molecule has 1 saturated carbocycles. The van der Waals surface area contributed by atoms with Gasteiger partial charge in [-0.2, -0.15) is 0 Å². The molecule has 2 unspecified atom stereocenters. The maximum Gasteiger partial charge on any atom is 0.123 e. The minimum atomic E-state index is 0.298. The average Bonchev–Trinajstić information content (AvgIpc) is 2.91. The minimum Gasteiger partial charge on any atom is -0.488 e. The summed E-state index contributed by atoms with van der Waals surface area (Å²) < 4.78 is 7.21. The first-order valence-corrected chi connectivity index (χ1v) is 9.24. The number of hydrogen-bond donors (Lipinski definition) is 1. The van der Waals surface area contributed by atoms with Gasteiger partial charge in [0, 0.05) is 23.5 Å². The second-order valence-electron chi connectivity index (χ2n) is 6.52. The van der Waals surface area contributed by atoms with E-state index in [9.17, 15) is 0 Å². The molecule has 0 radical (unpaired) electrons. The summed E-state index contributed by atoms with van der Waals surface area (Å²) in [6.45, 7) is 3.29. The van der Waals surface area contributed by atoms with Crippen LogP contribution in [0.5, 0.6) is 5.75 Å².